The van der Waals surface area contributed by atoms with Crippen molar-refractivity contribution in [1.29, 1.82) is 0 Å². The highest BCUT2D eigenvalue weighted by atomic mass is 19.4. The fourth-order valence-electron chi connectivity index (χ4n) is 4.55. The van der Waals surface area contributed by atoms with Crippen molar-refractivity contribution in [3.8, 4) is 0 Å². The Balaban J connectivity index is 1.81. The third kappa shape index (κ3) is 6.75. The van der Waals surface area contributed by atoms with Crippen LogP contribution in [0.4, 0.5) is 39.1 Å². The van der Waals surface area contributed by atoms with Gasteiger partial charge in [0.25, 0.3) is 11.7 Å². The SMILES string of the molecule is CC(C)(C)OC(=O)N(C(=O)c1cccc(C(F)(F)F)c1)c1cccc(C2=CC[N+](C(=O)O)(C(=O)OC(C)(C)C)c3ccnn32)c1. The van der Waals surface area contributed by atoms with Gasteiger partial charge in [-0.15, -0.1) is 0 Å². The molecular weight excluding hydrogens is 597 g/mol. The molecule has 11 nitrogen and oxygen atoms in total. The summed E-state index contributed by atoms with van der Waals surface area (Å²) in [5.41, 5.74) is -2.92. The van der Waals surface area contributed by atoms with Crippen molar-refractivity contribution in [3.05, 3.63) is 83.6 Å². The van der Waals surface area contributed by atoms with Crippen molar-refractivity contribution in [2.45, 2.75) is 58.9 Å². The molecule has 2 heterocycles. The van der Waals surface area contributed by atoms with Gasteiger partial charge in [-0.25, -0.2) is 9.69 Å². The third-order valence-corrected chi connectivity index (χ3v) is 6.45. The number of amides is 4. The van der Waals surface area contributed by atoms with Crippen molar-refractivity contribution in [3.63, 3.8) is 0 Å². The summed E-state index contributed by atoms with van der Waals surface area (Å²) in [7, 11) is 0. The minimum Gasteiger partial charge on any atom is -0.443 e. The first kappa shape index (κ1) is 32.9. The normalized spacial score (nSPS) is 16.7. The number of hydrogen-bond acceptors (Lipinski definition) is 7. The highest BCUT2D eigenvalue weighted by molar-refractivity contribution is 6.19. The molecule has 0 saturated carbocycles. The lowest BCUT2D eigenvalue weighted by Gasteiger charge is -2.33. The molecular formula is C31H32F3N4O7+. The van der Waals surface area contributed by atoms with Crippen molar-refractivity contribution >= 4 is 41.4 Å². The number of anilines is 1. The number of fused-ring (bicyclic) bond motifs is 1. The number of aromatic nitrogens is 2. The Morgan fingerprint density at radius 1 is 0.911 bits per heavy atom. The Morgan fingerprint density at radius 3 is 2.16 bits per heavy atom. The molecule has 0 aliphatic carbocycles. The van der Waals surface area contributed by atoms with Crippen molar-refractivity contribution in [1.82, 2.24) is 14.3 Å². The number of carbonyl (C=O) groups excluding carboxylic acids is 3. The Kier molecular flexibility index (Phi) is 8.42. The first-order valence-electron chi connectivity index (χ1n) is 13.7. The van der Waals surface area contributed by atoms with Crippen LogP contribution in [-0.4, -0.2) is 56.8 Å². The molecule has 0 bridgehead atoms. The molecule has 4 amide bonds. The van der Waals surface area contributed by atoms with E-state index < -0.39 is 57.2 Å². The third-order valence-electron chi connectivity index (χ3n) is 6.45. The van der Waals surface area contributed by atoms with Crippen LogP contribution in [0.2, 0.25) is 0 Å². The number of imide groups is 2. The molecule has 3 aromatic rings. The van der Waals surface area contributed by atoms with Crippen LogP contribution in [-0.2, 0) is 15.7 Å². The molecule has 1 aliphatic heterocycles. The summed E-state index contributed by atoms with van der Waals surface area (Å²) in [5, 5.41) is 14.5. The average molecular weight is 630 g/mol. The molecule has 1 aromatic heterocycles. The summed E-state index contributed by atoms with van der Waals surface area (Å²) in [6, 6.07) is 10.9. The summed E-state index contributed by atoms with van der Waals surface area (Å²) in [5.74, 6) is -1.11. The predicted octanol–water partition coefficient (Wildman–Crippen LogP) is 7.31. The topological polar surface area (TPSA) is 128 Å². The average Bonchev–Trinajstić information content (AvgIpc) is 3.41. The maximum Gasteiger partial charge on any atom is 0.534 e. The van der Waals surface area contributed by atoms with Gasteiger partial charge in [0.05, 0.1) is 23.1 Å². The Bertz CT molecular complexity index is 1700. The fraction of sp³-hybridized carbons (Fsp3) is 0.323. The van der Waals surface area contributed by atoms with Gasteiger partial charge in [0.15, 0.2) is 0 Å². The van der Waals surface area contributed by atoms with Gasteiger partial charge in [0.2, 0.25) is 0 Å². The van der Waals surface area contributed by atoms with Crippen LogP contribution in [0.1, 0.15) is 63.0 Å². The smallest absolute Gasteiger partial charge is 0.443 e. The van der Waals surface area contributed by atoms with Crippen LogP contribution < -0.4 is 9.38 Å². The summed E-state index contributed by atoms with van der Waals surface area (Å²) in [6.45, 7) is 9.15. The highest BCUT2D eigenvalue weighted by Crippen LogP contribution is 2.37. The van der Waals surface area contributed by atoms with E-state index in [1.165, 1.54) is 41.2 Å². The monoisotopic (exact) mass is 629 g/mol. The van der Waals surface area contributed by atoms with E-state index >= 15 is 0 Å². The number of ether oxygens (including phenoxy) is 2. The number of carboxylic acid groups (broad SMARTS) is 1. The summed E-state index contributed by atoms with van der Waals surface area (Å²) in [4.78, 5) is 53.4. The van der Waals surface area contributed by atoms with E-state index in [1.807, 2.05) is 0 Å². The van der Waals surface area contributed by atoms with Gasteiger partial charge in [0, 0.05) is 17.2 Å². The van der Waals surface area contributed by atoms with E-state index in [-0.39, 0.29) is 18.1 Å². The summed E-state index contributed by atoms with van der Waals surface area (Å²) >= 11 is 0. The molecule has 14 heteroatoms. The van der Waals surface area contributed by atoms with E-state index in [4.69, 9.17) is 9.47 Å². The largest absolute Gasteiger partial charge is 0.534 e. The highest BCUT2D eigenvalue weighted by Gasteiger charge is 2.55. The van der Waals surface area contributed by atoms with Gasteiger partial charge in [0.1, 0.15) is 17.7 Å². The van der Waals surface area contributed by atoms with Crippen LogP contribution in [0.15, 0.2) is 66.9 Å². The maximum atomic E-state index is 13.7. The lowest BCUT2D eigenvalue weighted by Crippen LogP contribution is -2.61. The molecule has 1 atom stereocenters. The van der Waals surface area contributed by atoms with Gasteiger partial charge in [-0.05, 0) is 78.0 Å². The Morgan fingerprint density at radius 2 is 1.56 bits per heavy atom. The van der Waals surface area contributed by atoms with Gasteiger partial charge in [-0.2, -0.15) is 32.5 Å². The number of nitrogens with zero attached hydrogens (tertiary/aromatic N) is 4. The molecule has 0 spiro atoms. The van der Waals surface area contributed by atoms with E-state index in [9.17, 15) is 37.5 Å². The van der Waals surface area contributed by atoms with Crippen LogP contribution in [0, 0.1) is 0 Å². The van der Waals surface area contributed by atoms with Crippen molar-refractivity contribution < 1.29 is 46.9 Å². The summed E-state index contributed by atoms with van der Waals surface area (Å²) in [6.07, 6.45) is -5.65. The zero-order valence-electron chi connectivity index (χ0n) is 25.4. The van der Waals surface area contributed by atoms with Crippen LogP contribution >= 0.6 is 0 Å². The predicted molar refractivity (Wildman–Crippen MR) is 157 cm³/mol. The van der Waals surface area contributed by atoms with Gasteiger partial charge >= 0.3 is 24.5 Å². The maximum absolute atomic E-state index is 13.7. The second kappa shape index (κ2) is 11.5. The number of rotatable bonds is 3. The fourth-order valence-corrected chi connectivity index (χ4v) is 4.55. The van der Waals surface area contributed by atoms with E-state index in [1.54, 1.807) is 47.6 Å². The molecule has 4 rings (SSSR count). The molecule has 1 aliphatic rings. The van der Waals surface area contributed by atoms with Gasteiger partial charge in [-0.3, -0.25) is 4.79 Å². The second-order valence-electron chi connectivity index (χ2n) is 12.2. The van der Waals surface area contributed by atoms with Crippen molar-refractivity contribution in [2.75, 3.05) is 11.4 Å². The molecule has 0 saturated heterocycles. The second-order valence-corrected chi connectivity index (χ2v) is 12.2. The van der Waals surface area contributed by atoms with Gasteiger partial charge in [-0.1, -0.05) is 22.7 Å². The number of benzene rings is 2. The molecule has 0 fully saturated rings. The quantitative estimate of drug-likeness (QED) is 0.299. The van der Waals surface area contributed by atoms with Crippen molar-refractivity contribution in [2.24, 2.45) is 0 Å². The standard InChI is InChI=1S/C31H31F3N4O7/c1-29(2,3)44-26(40)36(25(39)20-10-7-11-21(17-20)31(32,33)34)22-12-8-9-19(18-22)23-14-16-38(27(41)42,24-13-15-35-37(23)24)28(43)45-30(4,5)6/h7-15,17-18H,16H2,1-6H3/p+1. The minimum absolute atomic E-state index is 0.0382. The van der Waals surface area contributed by atoms with Crippen LogP contribution in [0.5, 0.6) is 0 Å². The number of halogens is 3. The molecule has 0 radical (unpaired) electrons. The molecule has 238 valence electrons. The number of carbonyl (C=O) groups is 4. The zero-order valence-corrected chi connectivity index (χ0v) is 25.4. The van der Waals surface area contributed by atoms with Crippen LogP contribution in [0.25, 0.3) is 5.70 Å². The van der Waals surface area contributed by atoms with E-state index in [0.29, 0.717) is 22.2 Å². The molecule has 2 aromatic carbocycles. The van der Waals surface area contributed by atoms with E-state index in [0.717, 1.165) is 18.2 Å². The number of alkyl halides is 3. The molecule has 45 heavy (non-hydrogen) atoms. The Hall–Kier alpha value is -4.98. The zero-order chi connectivity index (χ0) is 33.5. The number of hydrogen-bond donors (Lipinski definition) is 1. The molecule has 1 unspecified atom stereocenters. The molecule has 1 N–H and O–H groups in total. The minimum atomic E-state index is -4.73. The Labute approximate surface area is 256 Å². The van der Waals surface area contributed by atoms with Crippen LogP contribution in [0.3, 0.4) is 0 Å². The lowest BCUT2D eigenvalue weighted by molar-refractivity contribution is -0.137. The number of quaternary nitrogens is 1. The van der Waals surface area contributed by atoms with E-state index in [2.05, 4.69) is 5.10 Å². The summed E-state index contributed by atoms with van der Waals surface area (Å²) < 4.78 is 51.1. The lowest BCUT2D eigenvalue weighted by atomic mass is 10.1. The first-order valence-corrected chi connectivity index (χ1v) is 13.7. The first-order chi connectivity index (χ1) is 20.7. The van der Waals surface area contributed by atoms with Gasteiger partial charge < -0.3 is 14.6 Å².